The van der Waals surface area contributed by atoms with E-state index in [2.05, 4.69) is 5.16 Å². The highest BCUT2D eigenvalue weighted by atomic mass is 16.4. The minimum atomic E-state index is 0.551. The summed E-state index contributed by atoms with van der Waals surface area (Å²) in [5.41, 5.74) is 5.80. The molecule has 0 fully saturated rings. The fraction of sp³-hybridized carbons (Fsp3) is 0.750. The normalized spacial score (nSPS) is 12.0. The minimum absolute atomic E-state index is 0.551. The van der Waals surface area contributed by atoms with Crippen molar-refractivity contribution < 1.29 is 5.21 Å². The molecule has 0 rings (SSSR count). The van der Waals surface area contributed by atoms with Gasteiger partial charge in [0.2, 0.25) is 0 Å². The molecule has 0 amide bonds. The van der Waals surface area contributed by atoms with Gasteiger partial charge in [-0.2, -0.15) is 0 Å². The number of hydrogen-bond donors (Lipinski definition) is 2. The molecular weight excluding hydrogens is 92.1 g/mol. The van der Waals surface area contributed by atoms with Crippen LogP contribution in [-0.4, -0.2) is 17.5 Å². The zero-order valence-electron chi connectivity index (χ0n) is 4.39. The molecule has 3 nitrogen and oxygen atoms in total. The molecule has 0 unspecified atom stereocenters. The van der Waals surface area contributed by atoms with Gasteiger partial charge in [-0.3, -0.25) is 0 Å². The van der Waals surface area contributed by atoms with Gasteiger partial charge in [-0.15, -0.1) is 0 Å². The molecule has 0 spiro atoms. The summed E-state index contributed by atoms with van der Waals surface area (Å²) in [6, 6.07) is 0. The maximum atomic E-state index is 8.00. The molecule has 0 saturated heterocycles. The maximum absolute atomic E-state index is 8.00. The lowest BCUT2D eigenvalue weighted by Gasteiger charge is -1.88. The van der Waals surface area contributed by atoms with Crippen LogP contribution in [0.2, 0.25) is 0 Å². The van der Waals surface area contributed by atoms with Gasteiger partial charge in [-0.1, -0.05) is 5.16 Å². The Morgan fingerprint density at radius 2 is 2.43 bits per heavy atom. The molecule has 0 aromatic carbocycles. The largest absolute Gasteiger partial charge is 0.411 e. The third-order valence-electron chi connectivity index (χ3n) is 0.677. The van der Waals surface area contributed by atoms with Gasteiger partial charge in [0, 0.05) is 6.42 Å². The molecule has 0 radical (unpaired) electrons. The lowest BCUT2D eigenvalue weighted by molar-refractivity contribution is 0.317. The van der Waals surface area contributed by atoms with Crippen LogP contribution in [0.25, 0.3) is 0 Å². The van der Waals surface area contributed by atoms with Crippen LogP contribution in [-0.2, 0) is 0 Å². The Morgan fingerprint density at radius 1 is 1.86 bits per heavy atom. The minimum Gasteiger partial charge on any atom is -0.411 e. The van der Waals surface area contributed by atoms with E-state index in [-0.39, 0.29) is 0 Å². The molecule has 0 saturated carbocycles. The van der Waals surface area contributed by atoms with Gasteiger partial charge in [0.1, 0.15) is 0 Å². The van der Waals surface area contributed by atoms with E-state index >= 15 is 0 Å². The number of rotatable bonds is 2. The van der Waals surface area contributed by atoms with Crippen molar-refractivity contribution in [3.05, 3.63) is 0 Å². The van der Waals surface area contributed by atoms with Crippen LogP contribution in [0.15, 0.2) is 5.16 Å². The lowest BCUT2D eigenvalue weighted by atomic mass is 10.3. The average Bonchev–Trinajstić information content (AvgIpc) is 1.68. The summed E-state index contributed by atoms with van der Waals surface area (Å²) in [7, 11) is 0. The third kappa shape index (κ3) is 3.26. The highest BCUT2D eigenvalue weighted by Crippen LogP contribution is 1.78. The number of nitrogens with zero attached hydrogens (tertiary/aromatic N) is 1. The Kier molecular flexibility index (Phi) is 3.32. The predicted molar refractivity (Wildman–Crippen MR) is 28.6 cm³/mol. The summed E-state index contributed by atoms with van der Waals surface area (Å²) in [6.45, 7) is 2.28. The predicted octanol–water partition coefficient (Wildman–Crippen LogP) is 0.185. The molecule has 0 aromatic rings. The van der Waals surface area contributed by atoms with E-state index in [4.69, 9.17) is 10.9 Å². The highest BCUT2D eigenvalue weighted by molar-refractivity contribution is 5.81. The van der Waals surface area contributed by atoms with Crippen molar-refractivity contribution in [3.63, 3.8) is 0 Å². The molecule has 3 heteroatoms. The van der Waals surface area contributed by atoms with Crippen LogP contribution >= 0.6 is 0 Å². The molecule has 0 heterocycles. The van der Waals surface area contributed by atoms with Gasteiger partial charge in [0.15, 0.2) is 0 Å². The highest BCUT2D eigenvalue weighted by Gasteiger charge is 1.84. The van der Waals surface area contributed by atoms with Crippen molar-refractivity contribution in [1.82, 2.24) is 0 Å². The Bertz CT molecular complexity index is 70.1. The second kappa shape index (κ2) is 3.61. The van der Waals surface area contributed by atoms with E-state index in [0.29, 0.717) is 18.7 Å². The second-order valence-electron chi connectivity index (χ2n) is 1.37. The molecule has 0 bridgehead atoms. The summed E-state index contributed by atoms with van der Waals surface area (Å²) in [6.07, 6.45) is 0.677. The topological polar surface area (TPSA) is 58.6 Å². The van der Waals surface area contributed by atoms with Crippen molar-refractivity contribution in [1.29, 1.82) is 0 Å². The van der Waals surface area contributed by atoms with E-state index in [9.17, 15) is 0 Å². The fourth-order valence-electron chi connectivity index (χ4n) is 0.259. The van der Waals surface area contributed by atoms with Crippen LogP contribution in [0.5, 0.6) is 0 Å². The van der Waals surface area contributed by atoms with Crippen molar-refractivity contribution in [3.8, 4) is 0 Å². The van der Waals surface area contributed by atoms with Crippen LogP contribution in [0.4, 0.5) is 0 Å². The zero-order chi connectivity index (χ0) is 5.70. The van der Waals surface area contributed by atoms with Crippen LogP contribution in [0.1, 0.15) is 13.3 Å². The molecule has 0 aliphatic heterocycles. The van der Waals surface area contributed by atoms with Crippen LogP contribution in [0.3, 0.4) is 0 Å². The Balaban J connectivity index is 3.17. The van der Waals surface area contributed by atoms with Gasteiger partial charge in [0.05, 0.1) is 5.71 Å². The Labute approximate surface area is 42.8 Å². The third-order valence-corrected chi connectivity index (χ3v) is 0.677. The van der Waals surface area contributed by atoms with Crippen molar-refractivity contribution in [2.24, 2.45) is 10.9 Å². The van der Waals surface area contributed by atoms with Gasteiger partial charge in [-0.05, 0) is 13.5 Å². The first kappa shape index (κ1) is 6.43. The first-order valence-corrected chi connectivity index (χ1v) is 2.19. The molecule has 7 heavy (non-hydrogen) atoms. The van der Waals surface area contributed by atoms with Crippen LogP contribution in [0, 0.1) is 0 Å². The number of oxime groups is 1. The van der Waals surface area contributed by atoms with Crippen molar-refractivity contribution in [2.75, 3.05) is 6.54 Å². The van der Waals surface area contributed by atoms with E-state index in [1.165, 1.54) is 0 Å². The summed E-state index contributed by atoms with van der Waals surface area (Å²) in [5.74, 6) is 0. The standard InChI is InChI=1S/C4H10N2O/c1-4(6-7)2-3-5/h7H,2-3,5H2,1H3/b6-4+. The lowest BCUT2D eigenvalue weighted by Crippen LogP contribution is -2.04. The monoisotopic (exact) mass is 102 g/mol. The first-order chi connectivity index (χ1) is 3.31. The molecule has 0 aliphatic rings. The Morgan fingerprint density at radius 3 is 2.57 bits per heavy atom. The average molecular weight is 102 g/mol. The van der Waals surface area contributed by atoms with E-state index < -0.39 is 0 Å². The van der Waals surface area contributed by atoms with Gasteiger partial charge in [-0.25, -0.2) is 0 Å². The summed E-state index contributed by atoms with van der Waals surface area (Å²) < 4.78 is 0. The fourth-order valence-corrected chi connectivity index (χ4v) is 0.259. The molecule has 3 N–H and O–H groups in total. The van der Waals surface area contributed by atoms with E-state index in [0.717, 1.165) is 0 Å². The van der Waals surface area contributed by atoms with Gasteiger partial charge < -0.3 is 10.9 Å². The number of hydrogen-bond acceptors (Lipinski definition) is 3. The molecule has 0 atom stereocenters. The summed E-state index contributed by atoms with van der Waals surface area (Å²) in [4.78, 5) is 0. The first-order valence-electron chi connectivity index (χ1n) is 2.19. The zero-order valence-corrected chi connectivity index (χ0v) is 4.39. The van der Waals surface area contributed by atoms with Crippen molar-refractivity contribution in [2.45, 2.75) is 13.3 Å². The van der Waals surface area contributed by atoms with Crippen LogP contribution < -0.4 is 5.73 Å². The maximum Gasteiger partial charge on any atom is 0.0552 e. The SMILES string of the molecule is C/C(CCN)=N\O. The Hall–Kier alpha value is -0.570. The smallest absolute Gasteiger partial charge is 0.0552 e. The van der Waals surface area contributed by atoms with E-state index in [1.54, 1.807) is 6.92 Å². The summed E-state index contributed by atoms with van der Waals surface area (Å²) >= 11 is 0. The molecular formula is C4H10N2O. The molecule has 0 aliphatic carbocycles. The molecule has 42 valence electrons. The quantitative estimate of drug-likeness (QED) is 0.297. The number of nitrogens with two attached hydrogens (primary N) is 1. The summed E-state index contributed by atoms with van der Waals surface area (Å²) in [5, 5.41) is 10.9. The second-order valence-corrected chi connectivity index (χ2v) is 1.37. The van der Waals surface area contributed by atoms with Gasteiger partial charge >= 0.3 is 0 Å². The van der Waals surface area contributed by atoms with E-state index in [1.807, 2.05) is 0 Å². The van der Waals surface area contributed by atoms with Crippen molar-refractivity contribution >= 4 is 5.71 Å². The molecule has 0 aromatic heterocycles. The van der Waals surface area contributed by atoms with Gasteiger partial charge in [0.25, 0.3) is 0 Å².